The monoisotopic (exact) mass is 267 g/mol. The second-order valence-electron chi connectivity index (χ2n) is 6.88. The number of Topliss-reactive ketones (excluding diaryl/α,β-unsaturated/α-hetero) is 1. The molecule has 0 radical (unpaired) electrons. The van der Waals surface area contributed by atoms with Crippen LogP contribution in [0.4, 0.5) is 0 Å². The summed E-state index contributed by atoms with van der Waals surface area (Å²) in [7, 11) is 0. The SMILES string of the molecule is CCC(=O)[C@@H]1C[C@@]2(CN1CC)C(C)(C)C21CSC1. The minimum absolute atomic E-state index is 0.212. The van der Waals surface area contributed by atoms with E-state index in [0.717, 1.165) is 19.5 Å². The number of thioether (sulfide) groups is 1. The van der Waals surface area contributed by atoms with Gasteiger partial charge in [0.15, 0.2) is 0 Å². The molecule has 0 N–H and O–H groups in total. The number of rotatable bonds is 3. The van der Waals surface area contributed by atoms with E-state index < -0.39 is 0 Å². The van der Waals surface area contributed by atoms with Crippen LogP contribution in [0.5, 0.6) is 0 Å². The van der Waals surface area contributed by atoms with Crippen molar-refractivity contribution in [2.75, 3.05) is 24.6 Å². The van der Waals surface area contributed by atoms with Crippen LogP contribution in [0.15, 0.2) is 0 Å². The van der Waals surface area contributed by atoms with Gasteiger partial charge in [-0.25, -0.2) is 0 Å². The van der Waals surface area contributed by atoms with Crippen molar-refractivity contribution in [1.29, 1.82) is 0 Å². The van der Waals surface area contributed by atoms with Gasteiger partial charge in [0.25, 0.3) is 0 Å². The van der Waals surface area contributed by atoms with E-state index in [1.807, 2.05) is 6.92 Å². The lowest BCUT2D eigenvalue weighted by molar-refractivity contribution is -0.123. The molecule has 0 aromatic heterocycles. The van der Waals surface area contributed by atoms with E-state index in [2.05, 4.69) is 37.4 Å². The van der Waals surface area contributed by atoms with Crippen LogP contribution < -0.4 is 0 Å². The molecule has 0 amide bonds. The quantitative estimate of drug-likeness (QED) is 0.784. The van der Waals surface area contributed by atoms with Gasteiger partial charge in [0, 0.05) is 29.9 Å². The van der Waals surface area contributed by atoms with Crippen molar-refractivity contribution in [3.63, 3.8) is 0 Å². The summed E-state index contributed by atoms with van der Waals surface area (Å²) in [5.74, 6) is 3.10. The predicted molar refractivity (Wildman–Crippen MR) is 76.9 cm³/mol. The maximum atomic E-state index is 12.2. The molecule has 2 nitrogen and oxygen atoms in total. The molecule has 3 rings (SSSR count). The van der Waals surface area contributed by atoms with E-state index in [0.29, 0.717) is 28.4 Å². The smallest absolute Gasteiger partial charge is 0.149 e. The molecule has 2 aliphatic heterocycles. The Morgan fingerprint density at radius 3 is 2.33 bits per heavy atom. The van der Waals surface area contributed by atoms with E-state index in [1.54, 1.807) is 0 Å². The lowest BCUT2D eigenvalue weighted by atomic mass is 9.90. The summed E-state index contributed by atoms with van der Waals surface area (Å²) in [6.45, 7) is 11.3. The third-order valence-corrected chi connectivity index (χ3v) is 7.92. The average Bonchev–Trinajstić information content (AvgIpc) is 2.60. The molecule has 0 aromatic rings. The van der Waals surface area contributed by atoms with Crippen molar-refractivity contribution < 1.29 is 4.79 Å². The number of nitrogens with zero attached hydrogens (tertiary/aromatic N) is 1. The van der Waals surface area contributed by atoms with Gasteiger partial charge in [-0.2, -0.15) is 11.8 Å². The minimum atomic E-state index is 0.212. The summed E-state index contributed by atoms with van der Waals surface area (Å²) in [5.41, 5.74) is 1.44. The van der Waals surface area contributed by atoms with Crippen LogP contribution in [0.25, 0.3) is 0 Å². The number of hydrogen-bond acceptors (Lipinski definition) is 3. The lowest BCUT2D eigenvalue weighted by Gasteiger charge is -2.31. The first kappa shape index (κ1) is 13.0. The van der Waals surface area contributed by atoms with Crippen molar-refractivity contribution in [2.45, 2.75) is 46.6 Å². The maximum absolute atomic E-state index is 12.2. The fourth-order valence-electron chi connectivity index (χ4n) is 4.87. The molecule has 2 heterocycles. The Labute approximate surface area is 115 Å². The van der Waals surface area contributed by atoms with Gasteiger partial charge in [-0.15, -0.1) is 0 Å². The summed E-state index contributed by atoms with van der Waals surface area (Å²) in [5, 5.41) is 0. The summed E-state index contributed by atoms with van der Waals surface area (Å²) < 4.78 is 0. The molecule has 18 heavy (non-hydrogen) atoms. The van der Waals surface area contributed by atoms with Gasteiger partial charge in [0.05, 0.1) is 6.04 Å². The second-order valence-corrected chi connectivity index (χ2v) is 7.87. The molecule has 2 atom stereocenters. The molecule has 1 aliphatic carbocycles. The van der Waals surface area contributed by atoms with Crippen LogP contribution in [0.3, 0.4) is 0 Å². The van der Waals surface area contributed by atoms with Crippen molar-refractivity contribution in [3.8, 4) is 0 Å². The second kappa shape index (κ2) is 3.76. The van der Waals surface area contributed by atoms with E-state index in [9.17, 15) is 4.79 Å². The van der Waals surface area contributed by atoms with Crippen LogP contribution in [0, 0.1) is 16.2 Å². The Hall–Kier alpha value is -0.0200. The van der Waals surface area contributed by atoms with E-state index >= 15 is 0 Å². The van der Waals surface area contributed by atoms with Crippen molar-refractivity contribution in [2.24, 2.45) is 16.2 Å². The molecule has 3 fully saturated rings. The zero-order chi connectivity index (χ0) is 13.2. The van der Waals surface area contributed by atoms with Gasteiger partial charge >= 0.3 is 0 Å². The number of hydrogen-bond donors (Lipinski definition) is 0. The van der Waals surface area contributed by atoms with Gasteiger partial charge in [0.2, 0.25) is 0 Å². The molecule has 2 spiro atoms. The highest BCUT2D eigenvalue weighted by Crippen LogP contribution is 2.86. The number of likely N-dealkylation sites (N-methyl/N-ethyl adjacent to an activating group) is 1. The highest BCUT2D eigenvalue weighted by molar-refractivity contribution is 8.00. The number of ketones is 1. The van der Waals surface area contributed by atoms with Crippen LogP contribution >= 0.6 is 11.8 Å². The zero-order valence-electron chi connectivity index (χ0n) is 12.1. The molecular weight excluding hydrogens is 242 g/mol. The Morgan fingerprint density at radius 1 is 1.28 bits per heavy atom. The molecule has 3 heteroatoms. The molecule has 102 valence electrons. The highest BCUT2D eigenvalue weighted by Gasteiger charge is 2.85. The summed E-state index contributed by atoms with van der Waals surface area (Å²) in [6, 6.07) is 0.212. The molecule has 1 saturated carbocycles. The summed E-state index contributed by atoms with van der Waals surface area (Å²) in [4.78, 5) is 14.6. The van der Waals surface area contributed by atoms with Crippen molar-refractivity contribution >= 4 is 17.5 Å². The average molecular weight is 267 g/mol. The number of carbonyl (C=O) groups excluding carboxylic acids is 1. The summed E-state index contributed by atoms with van der Waals surface area (Å²) >= 11 is 2.09. The molecule has 0 aromatic carbocycles. The molecule has 0 unspecified atom stereocenters. The Morgan fingerprint density at radius 2 is 1.94 bits per heavy atom. The molecular formula is C15H25NOS. The normalized spacial score (nSPS) is 40.1. The van der Waals surface area contributed by atoms with Crippen LogP contribution in [-0.2, 0) is 4.79 Å². The van der Waals surface area contributed by atoms with Crippen LogP contribution in [0.1, 0.15) is 40.5 Å². The number of likely N-dealkylation sites (tertiary alicyclic amines) is 1. The third kappa shape index (κ3) is 1.19. The fraction of sp³-hybridized carbons (Fsp3) is 0.933. The molecule has 0 bridgehead atoms. The number of fused-ring (bicyclic) bond motifs is 1. The van der Waals surface area contributed by atoms with E-state index in [-0.39, 0.29) is 6.04 Å². The first-order valence-corrected chi connectivity index (χ1v) is 8.46. The van der Waals surface area contributed by atoms with E-state index in [4.69, 9.17) is 0 Å². The van der Waals surface area contributed by atoms with E-state index in [1.165, 1.54) is 11.5 Å². The van der Waals surface area contributed by atoms with Gasteiger partial charge in [-0.1, -0.05) is 27.7 Å². The Kier molecular flexibility index (Phi) is 2.71. The zero-order valence-corrected chi connectivity index (χ0v) is 12.9. The molecule has 2 saturated heterocycles. The Bertz CT molecular complexity index is 388. The topological polar surface area (TPSA) is 20.3 Å². The maximum Gasteiger partial charge on any atom is 0.149 e. The standard InChI is InChI=1S/C15H25NOS/c1-5-12(17)11-7-14(8-16(11)6-2)13(3,4)15(14)9-18-10-15/h11H,5-10H2,1-4H3/t11-,14+/m0/s1. The first-order chi connectivity index (χ1) is 8.46. The van der Waals surface area contributed by atoms with Gasteiger partial charge < -0.3 is 0 Å². The van der Waals surface area contributed by atoms with Crippen LogP contribution in [-0.4, -0.2) is 41.3 Å². The molecule has 3 aliphatic rings. The number of carbonyl (C=O) groups is 1. The lowest BCUT2D eigenvalue weighted by Crippen LogP contribution is -2.35. The first-order valence-electron chi connectivity index (χ1n) is 7.30. The van der Waals surface area contributed by atoms with Gasteiger partial charge in [-0.05, 0) is 23.8 Å². The Balaban J connectivity index is 1.87. The third-order valence-electron chi connectivity index (χ3n) is 6.53. The summed E-state index contributed by atoms with van der Waals surface area (Å²) in [6.07, 6.45) is 1.82. The fourth-order valence-corrected chi connectivity index (χ4v) is 6.75. The minimum Gasteiger partial charge on any atom is -0.298 e. The highest BCUT2D eigenvalue weighted by atomic mass is 32.2. The predicted octanol–water partition coefficient (Wildman–Crippen LogP) is 2.82. The van der Waals surface area contributed by atoms with Crippen molar-refractivity contribution in [1.82, 2.24) is 4.90 Å². The van der Waals surface area contributed by atoms with Gasteiger partial charge in [-0.3, -0.25) is 9.69 Å². The van der Waals surface area contributed by atoms with Crippen LogP contribution in [0.2, 0.25) is 0 Å². The van der Waals surface area contributed by atoms with Crippen molar-refractivity contribution in [3.05, 3.63) is 0 Å². The largest absolute Gasteiger partial charge is 0.298 e. The van der Waals surface area contributed by atoms with Gasteiger partial charge in [0.1, 0.15) is 5.78 Å².